The maximum atomic E-state index is 10.1. The van der Waals surface area contributed by atoms with Crippen LogP contribution in [-0.4, -0.2) is 17.8 Å². The van der Waals surface area contributed by atoms with Crippen LogP contribution >= 0.6 is 0 Å². The van der Waals surface area contributed by atoms with Crippen LogP contribution in [0.2, 0.25) is 0 Å². The minimum absolute atomic E-state index is 0.191. The van der Waals surface area contributed by atoms with Crippen molar-refractivity contribution in [1.29, 1.82) is 0 Å². The Labute approximate surface area is 113 Å². The summed E-state index contributed by atoms with van der Waals surface area (Å²) >= 11 is 0. The van der Waals surface area contributed by atoms with Crippen molar-refractivity contribution in [2.24, 2.45) is 0 Å². The molecular formula is C15H19NO3. The van der Waals surface area contributed by atoms with Crippen molar-refractivity contribution in [3.05, 3.63) is 28.8 Å². The molecule has 1 fully saturated rings. The molecule has 0 saturated heterocycles. The summed E-state index contributed by atoms with van der Waals surface area (Å²) in [4.78, 5) is 5.07. The molecule has 1 aliphatic heterocycles. The number of aromatic hydroxyl groups is 1. The summed E-state index contributed by atoms with van der Waals surface area (Å²) in [5.74, 6) is 1.14. The molecule has 1 spiro atoms. The third kappa shape index (κ3) is 1.78. The van der Waals surface area contributed by atoms with Crippen LogP contribution in [0.15, 0.2) is 12.1 Å². The number of nitrogens with one attached hydrogen (secondary N) is 1. The molecule has 3 rings (SSSR count). The van der Waals surface area contributed by atoms with Crippen LogP contribution in [0.5, 0.6) is 11.5 Å². The molecule has 0 bridgehead atoms. The normalized spacial score (nSPS) is 19.2. The summed E-state index contributed by atoms with van der Waals surface area (Å²) in [6.45, 7) is 3.79. The highest BCUT2D eigenvalue weighted by molar-refractivity contribution is 5.77. The molecule has 2 N–H and O–H groups in total. The van der Waals surface area contributed by atoms with Crippen molar-refractivity contribution >= 4 is 5.70 Å². The van der Waals surface area contributed by atoms with E-state index in [1.54, 1.807) is 7.11 Å². The van der Waals surface area contributed by atoms with Crippen LogP contribution in [0.4, 0.5) is 0 Å². The average molecular weight is 261 g/mol. The fraction of sp³-hybridized carbons (Fsp3) is 0.467. The van der Waals surface area contributed by atoms with E-state index in [4.69, 9.17) is 9.57 Å². The summed E-state index contributed by atoms with van der Waals surface area (Å²) in [6.07, 6.45) is 5.33. The van der Waals surface area contributed by atoms with Gasteiger partial charge in [0.25, 0.3) is 0 Å². The van der Waals surface area contributed by atoms with Crippen molar-refractivity contribution in [3.8, 4) is 11.5 Å². The fourth-order valence-corrected chi connectivity index (χ4v) is 2.90. The molecule has 1 heterocycles. The lowest BCUT2D eigenvalue weighted by molar-refractivity contribution is 0.0341. The molecule has 0 radical (unpaired) electrons. The van der Waals surface area contributed by atoms with Gasteiger partial charge in [0.2, 0.25) is 0 Å². The molecule has 0 atom stereocenters. The van der Waals surface area contributed by atoms with E-state index in [0.717, 1.165) is 41.0 Å². The Morgan fingerprint density at radius 3 is 2.68 bits per heavy atom. The number of hydrogen-bond acceptors (Lipinski definition) is 4. The minimum Gasteiger partial charge on any atom is -0.507 e. The van der Waals surface area contributed by atoms with Gasteiger partial charge in [-0.25, -0.2) is 0 Å². The molecule has 0 amide bonds. The van der Waals surface area contributed by atoms with Gasteiger partial charge in [-0.15, -0.1) is 0 Å². The Morgan fingerprint density at radius 2 is 2.11 bits per heavy atom. The lowest BCUT2D eigenvalue weighted by atomic mass is 9.77. The predicted octanol–water partition coefficient (Wildman–Crippen LogP) is 2.82. The summed E-state index contributed by atoms with van der Waals surface area (Å²) in [5.41, 5.74) is 6.16. The Morgan fingerprint density at radius 1 is 1.37 bits per heavy atom. The molecular weight excluding hydrogens is 242 g/mol. The second-order valence-electron chi connectivity index (χ2n) is 5.42. The molecule has 2 aliphatic rings. The van der Waals surface area contributed by atoms with E-state index in [9.17, 15) is 5.11 Å². The SMILES string of the molecule is CONC1=CC2(CCC2)Oc2cc(C)c(O)c(C)c21. The summed E-state index contributed by atoms with van der Waals surface area (Å²) in [6, 6.07) is 1.90. The largest absolute Gasteiger partial charge is 0.507 e. The number of rotatable bonds is 2. The zero-order valence-corrected chi connectivity index (χ0v) is 11.5. The number of phenolic OH excluding ortho intramolecular Hbond substituents is 1. The topological polar surface area (TPSA) is 50.7 Å². The zero-order valence-electron chi connectivity index (χ0n) is 11.5. The van der Waals surface area contributed by atoms with Crippen molar-refractivity contribution in [3.63, 3.8) is 0 Å². The second kappa shape index (κ2) is 4.17. The van der Waals surface area contributed by atoms with Gasteiger partial charge >= 0.3 is 0 Å². The molecule has 4 nitrogen and oxygen atoms in total. The predicted molar refractivity (Wildman–Crippen MR) is 72.9 cm³/mol. The first-order valence-corrected chi connectivity index (χ1v) is 6.61. The number of ether oxygens (including phenoxy) is 1. The fourth-order valence-electron chi connectivity index (χ4n) is 2.90. The standard InChI is InChI=1S/C15H19NO3/c1-9-7-12-13(10(2)14(9)17)11(16-18-3)8-15(19-12)5-4-6-15/h7-8,16-17H,4-6H2,1-3H3. The van der Waals surface area contributed by atoms with E-state index in [1.165, 1.54) is 6.42 Å². The highest BCUT2D eigenvalue weighted by atomic mass is 16.6. The van der Waals surface area contributed by atoms with Crippen molar-refractivity contribution in [1.82, 2.24) is 5.48 Å². The zero-order chi connectivity index (χ0) is 13.6. The number of hydrogen-bond donors (Lipinski definition) is 2. The highest BCUT2D eigenvalue weighted by Gasteiger charge is 2.42. The van der Waals surface area contributed by atoms with Crippen molar-refractivity contribution < 1.29 is 14.7 Å². The molecule has 0 unspecified atom stereocenters. The van der Waals surface area contributed by atoms with Gasteiger partial charge in [0, 0.05) is 11.1 Å². The van der Waals surface area contributed by atoms with Gasteiger partial charge in [-0.05, 0) is 50.8 Å². The molecule has 0 aromatic heterocycles. The second-order valence-corrected chi connectivity index (χ2v) is 5.42. The van der Waals surface area contributed by atoms with Gasteiger partial charge in [0.05, 0.1) is 12.8 Å². The molecule has 1 aromatic rings. The van der Waals surface area contributed by atoms with E-state index in [0.29, 0.717) is 5.75 Å². The van der Waals surface area contributed by atoms with Crippen LogP contribution in [0.25, 0.3) is 5.70 Å². The van der Waals surface area contributed by atoms with Crippen molar-refractivity contribution in [2.45, 2.75) is 38.7 Å². The lowest BCUT2D eigenvalue weighted by Gasteiger charge is -2.43. The molecule has 19 heavy (non-hydrogen) atoms. The third-order valence-corrected chi connectivity index (χ3v) is 4.10. The number of aryl methyl sites for hydroxylation is 1. The van der Waals surface area contributed by atoms with E-state index in [-0.39, 0.29) is 5.60 Å². The molecule has 1 aromatic carbocycles. The first kappa shape index (κ1) is 12.4. The molecule has 1 saturated carbocycles. The van der Waals surface area contributed by atoms with E-state index >= 15 is 0 Å². The minimum atomic E-state index is -0.191. The Kier molecular flexibility index (Phi) is 2.71. The number of fused-ring (bicyclic) bond motifs is 1. The van der Waals surface area contributed by atoms with Crippen LogP contribution in [0, 0.1) is 13.8 Å². The highest BCUT2D eigenvalue weighted by Crippen LogP contribution is 2.47. The Hall–Kier alpha value is -1.68. The summed E-state index contributed by atoms with van der Waals surface area (Å²) in [5, 5.41) is 10.1. The monoisotopic (exact) mass is 261 g/mol. The quantitative estimate of drug-likeness (QED) is 0.804. The molecule has 1 aliphatic carbocycles. The first-order chi connectivity index (χ1) is 9.06. The Balaban J connectivity index is 2.16. The van der Waals surface area contributed by atoms with Crippen LogP contribution in [0.1, 0.15) is 36.0 Å². The lowest BCUT2D eigenvalue weighted by Crippen LogP contribution is -2.44. The summed E-state index contributed by atoms with van der Waals surface area (Å²) < 4.78 is 6.17. The van der Waals surface area contributed by atoms with Crippen molar-refractivity contribution in [2.75, 3.05) is 7.11 Å². The van der Waals surface area contributed by atoms with Gasteiger partial charge in [0.15, 0.2) is 0 Å². The van der Waals surface area contributed by atoms with Crippen LogP contribution < -0.4 is 10.2 Å². The smallest absolute Gasteiger partial charge is 0.130 e. The van der Waals surface area contributed by atoms with E-state index in [1.807, 2.05) is 19.9 Å². The maximum Gasteiger partial charge on any atom is 0.130 e. The first-order valence-electron chi connectivity index (χ1n) is 6.61. The van der Waals surface area contributed by atoms with Gasteiger partial charge in [0.1, 0.15) is 17.1 Å². The summed E-state index contributed by atoms with van der Waals surface area (Å²) in [7, 11) is 1.59. The Bertz CT molecular complexity index is 559. The maximum absolute atomic E-state index is 10.1. The number of phenols is 1. The van der Waals surface area contributed by atoms with Gasteiger partial charge in [-0.2, -0.15) is 0 Å². The van der Waals surface area contributed by atoms with E-state index in [2.05, 4.69) is 11.6 Å². The van der Waals surface area contributed by atoms with Gasteiger partial charge in [-0.3, -0.25) is 10.3 Å². The molecule has 102 valence electrons. The number of hydroxylamine groups is 1. The molecule has 4 heteroatoms. The average Bonchev–Trinajstić information content (AvgIpc) is 2.34. The number of benzene rings is 1. The van der Waals surface area contributed by atoms with Crippen LogP contribution in [0.3, 0.4) is 0 Å². The van der Waals surface area contributed by atoms with Gasteiger partial charge in [-0.1, -0.05) is 0 Å². The van der Waals surface area contributed by atoms with E-state index < -0.39 is 0 Å². The third-order valence-electron chi connectivity index (χ3n) is 4.10. The van der Waals surface area contributed by atoms with Gasteiger partial charge < -0.3 is 9.84 Å². The van der Waals surface area contributed by atoms with Crippen LogP contribution in [-0.2, 0) is 4.84 Å².